The highest BCUT2D eigenvalue weighted by Gasteiger charge is 2.44. The number of hydrogen-bond acceptors (Lipinski definition) is 5. The summed E-state index contributed by atoms with van der Waals surface area (Å²) in [6.07, 6.45) is 0.214. The molecule has 1 unspecified atom stereocenters. The Bertz CT molecular complexity index is 651. The lowest BCUT2D eigenvalue weighted by Gasteiger charge is -2.24. The van der Waals surface area contributed by atoms with Crippen molar-refractivity contribution in [3.63, 3.8) is 0 Å². The van der Waals surface area contributed by atoms with E-state index in [0.717, 1.165) is 0 Å². The van der Waals surface area contributed by atoms with Gasteiger partial charge in [0.25, 0.3) is 11.8 Å². The summed E-state index contributed by atoms with van der Waals surface area (Å²) in [6, 6.07) is 4.50. The first-order chi connectivity index (χ1) is 10.5. The van der Waals surface area contributed by atoms with Gasteiger partial charge < -0.3 is 25.2 Å². The second kappa shape index (κ2) is 5.30. The first kappa shape index (κ1) is 14.3. The number of ether oxygens (including phenoxy) is 2. The standard InChI is InChI=1S/C14H14N2O6/c17-11-6-22-10-5-8(1-2-9(10)15-11)12(18)16-14(13(19)20)3-4-21-7-14/h1-2,5H,3-4,6-7H2,(H,15,17)(H,16,18)(H,19,20). The summed E-state index contributed by atoms with van der Waals surface area (Å²) in [5.74, 6) is -1.55. The number of nitrogens with one attached hydrogen (secondary N) is 2. The fraction of sp³-hybridized carbons (Fsp3) is 0.357. The van der Waals surface area contributed by atoms with Gasteiger partial charge >= 0.3 is 5.97 Å². The fourth-order valence-corrected chi connectivity index (χ4v) is 2.39. The molecule has 8 nitrogen and oxygen atoms in total. The molecule has 0 saturated carbocycles. The average molecular weight is 306 g/mol. The molecule has 2 amide bonds. The van der Waals surface area contributed by atoms with E-state index >= 15 is 0 Å². The number of amides is 2. The zero-order valence-electron chi connectivity index (χ0n) is 11.5. The fourth-order valence-electron chi connectivity index (χ4n) is 2.39. The van der Waals surface area contributed by atoms with Gasteiger partial charge in [-0.15, -0.1) is 0 Å². The summed E-state index contributed by atoms with van der Waals surface area (Å²) >= 11 is 0. The molecule has 1 atom stereocenters. The molecule has 1 aromatic carbocycles. The minimum absolute atomic E-state index is 0.0639. The Hall–Kier alpha value is -2.61. The topological polar surface area (TPSA) is 114 Å². The highest BCUT2D eigenvalue weighted by molar-refractivity contribution is 6.00. The van der Waals surface area contributed by atoms with Gasteiger partial charge in [0.1, 0.15) is 5.75 Å². The number of aliphatic carboxylic acids is 1. The molecule has 8 heteroatoms. The van der Waals surface area contributed by atoms with E-state index in [1.165, 1.54) is 12.1 Å². The Morgan fingerprint density at radius 3 is 2.86 bits per heavy atom. The second-order valence-electron chi connectivity index (χ2n) is 5.19. The molecule has 1 fully saturated rings. The number of hydrogen-bond donors (Lipinski definition) is 3. The normalized spacial score (nSPS) is 23.2. The number of rotatable bonds is 3. The largest absolute Gasteiger partial charge is 0.482 e. The van der Waals surface area contributed by atoms with Gasteiger partial charge in [0.15, 0.2) is 12.1 Å². The molecule has 0 aromatic heterocycles. The van der Waals surface area contributed by atoms with Crippen molar-refractivity contribution < 1.29 is 29.0 Å². The van der Waals surface area contributed by atoms with Crippen LogP contribution in [-0.4, -0.2) is 48.2 Å². The summed E-state index contributed by atoms with van der Waals surface area (Å²) < 4.78 is 10.3. The Kier molecular flexibility index (Phi) is 3.45. The summed E-state index contributed by atoms with van der Waals surface area (Å²) in [4.78, 5) is 34.9. The summed E-state index contributed by atoms with van der Waals surface area (Å²) in [5.41, 5.74) is -0.672. The molecule has 2 aliphatic rings. The summed E-state index contributed by atoms with van der Waals surface area (Å²) in [5, 5.41) is 14.4. The van der Waals surface area contributed by atoms with Crippen LogP contribution < -0.4 is 15.4 Å². The van der Waals surface area contributed by atoms with E-state index in [0.29, 0.717) is 11.4 Å². The quantitative estimate of drug-likeness (QED) is 0.724. The second-order valence-corrected chi connectivity index (χ2v) is 5.19. The van der Waals surface area contributed by atoms with Crippen molar-refractivity contribution in [2.24, 2.45) is 0 Å². The molecule has 2 aliphatic heterocycles. The Morgan fingerprint density at radius 1 is 1.36 bits per heavy atom. The van der Waals surface area contributed by atoms with Crippen molar-refractivity contribution >= 4 is 23.5 Å². The Morgan fingerprint density at radius 2 is 2.18 bits per heavy atom. The van der Waals surface area contributed by atoms with Gasteiger partial charge in [0, 0.05) is 18.6 Å². The van der Waals surface area contributed by atoms with Crippen LogP contribution in [0, 0.1) is 0 Å². The van der Waals surface area contributed by atoms with Crippen LogP contribution in [-0.2, 0) is 14.3 Å². The van der Waals surface area contributed by atoms with Crippen LogP contribution in [0.2, 0.25) is 0 Å². The van der Waals surface area contributed by atoms with Crippen molar-refractivity contribution in [2.75, 3.05) is 25.1 Å². The molecule has 2 heterocycles. The Balaban J connectivity index is 1.81. The van der Waals surface area contributed by atoms with Crippen LogP contribution in [0.1, 0.15) is 16.8 Å². The first-order valence-corrected chi connectivity index (χ1v) is 6.70. The predicted octanol–water partition coefficient (Wildman–Crippen LogP) is -0.00900. The van der Waals surface area contributed by atoms with Gasteiger partial charge in [-0.2, -0.15) is 0 Å². The maximum atomic E-state index is 12.3. The maximum absolute atomic E-state index is 12.3. The van der Waals surface area contributed by atoms with E-state index < -0.39 is 17.4 Å². The lowest BCUT2D eigenvalue weighted by molar-refractivity contribution is -0.144. The van der Waals surface area contributed by atoms with Gasteiger partial charge in [-0.05, 0) is 18.2 Å². The molecule has 0 aliphatic carbocycles. The SMILES string of the molecule is O=C1COc2cc(C(=O)NC3(C(=O)O)CCOC3)ccc2N1. The zero-order chi connectivity index (χ0) is 15.7. The smallest absolute Gasteiger partial charge is 0.331 e. The van der Waals surface area contributed by atoms with Crippen LogP contribution in [0.15, 0.2) is 18.2 Å². The summed E-state index contributed by atoms with van der Waals surface area (Å²) in [7, 11) is 0. The molecule has 22 heavy (non-hydrogen) atoms. The maximum Gasteiger partial charge on any atom is 0.331 e. The number of benzene rings is 1. The molecule has 116 valence electrons. The third-order valence-electron chi connectivity index (χ3n) is 3.66. The number of carbonyl (C=O) groups is 3. The molecule has 0 radical (unpaired) electrons. The van der Waals surface area contributed by atoms with Crippen molar-refractivity contribution in [3.05, 3.63) is 23.8 Å². The van der Waals surface area contributed by atoms with E-state index in [9.17, 15) is 19.5 Å². The number of carboxylic acids is 1. The third-order valence-corrected chi connectivity index (χ3v) is 3.66. The number of carbonyl (C=O) groups excluding carboxylic acids is 2. The van der Waals surface area contributed by atoms with Gasteiger partial charge in [0.2, 0.25) is 0 Å². The minimum atomic E-state index is -1.40. The van der Waals surface area contributed by atoms with Crippen LogP contribution in [0.5, 0.6) is 5.75 Å². The molecule has 1 aromatic rings. The van der Waals surface area contributed by atoms with Crippen LogP contribution in [0.3, 0.4) is 0 Å². The Labute approximate surface area is 125 Å². The average Bonchev–Trinajstić information content (AvgIpc) is 2.96. The van der Waals surface area contributed by atoms with Crippen molar-refractivity contribution in [3.8, 4) is 5.75 Å². The van der Waals surface area contributed by atoms with E-state index in [1.54, 1.807) is 6.07 Å². The van der Waals surface area contributed by atoms with Crippen molar-refractivity contribution in [1.82, 2.24) is 5.32 Å². The zero-order valence-corrected chi connectivity index (χ0v) is 11.5. The first-order valence-electron chi connectivity index (χ1n) is 6.70. The number of anilines is 1. The monoisotopic (exact) mass is 306 g/mol. The minimum Gasteiger partial charge on any atom is -0.482 e. The third kappa shape index (κ3) is 2.48. The lowest BCUT2D eigenvalue weighted by Crippen LogP contribution is -2.55. The van der Waals surface area contributed by atoms with E-state index in [4.69, 9.17) is 9.47 Å². The van der Waals surface area contributed by atoms with Crippen molar-refractivity contribution in [1.29, 1.82) is 0 Å². The molecule has 1 saturated heterocycles. The van der Waals surface area contributed by atoms with Gasteiger partial charge in [0.05, 0.1) is 12.3 Å². The van der Waals surface area contributed by atoms with Crippen LogP contribution >= 0.6 is 0 Å². The van der Waals surface area contributed by atoms with E-state index in [2.05, 4.69) is 10.6 Å². The highest BCUT2D eigenvalue weighted by atomic mass is 16.5. The van der Waals surface area contributed by atoms with E-state index in [1.807, 2.05) is 0 Å². The summed E-state index contributed by atoms with van der Waals surface area (Å²) in [6.45, 7) is 0.0997. The van der Waals surface area contributed by atoms with Crippen LogP contribution in [0.25, 0.3) is 0 Å². The lowest BCUT2D eigenvalue weighted by atomic mass is 9.98. The predicted molar refractivity (Wildman–Crippen MR) is 73.8 cm³/mol. The molecule has 0 spiro atoms. The van der Waals surface area contributed by atoms with E-state index in [-0.39, 0.29) is 37.7 Å². The van der Waals surface area contributed by atoms with Gasteiger partial charge in [-0.3, -0.25) is 9.59 Å². The van der Waals surface area contributed by atoms with Gasteiger partial charge in [-0.25, -0.2) is 4.79 Å². The molecule has 0 bridgehead atoms. The number of fused-ring (bicyclic) bond motifs is 1. The van der Waals surface area contributed by atoms with Crippen LogP contribution in [0.4, 0.5) is 5.69 Å². The van der Waals surface area contributed by atoms with Gasteiger partial charge in [-0.1, -0.05) is 0 Å². The van der Waals surface area contributed by atoms with Crippen molar-refractivity contribution in [2.45, 2.75) is 12.0 Å². The molecule has 3 rings (SSSR count). The highest BCUT2D eigenvalue weighted by Crippen LogP contribution is 2.29. The molecule has 3 N–H and O–H groups in total. The number of carboxylic acid groups (broad SMARTS) is 1. The molecular formula is C14H14N2O6. The molecular weight excluding hydrogens is 292 g/mol.